The van der Waals surface area contributed by atoms with E-state index in [1.165, 1.54) is 11.3 Å². The largest absolute Gasteiger partial charge is 0.492 e. The number of carbonyl (C=O) groups is 1. The number of hydrogen-bond acceptors (Lipinski definition) is 6. The van der Waals surface area contributed by atoms with Gasteiger partial charge in [-0.3, -0.25) is 4.79 Å². The summed E-state index contributed by atoms with van der Waals surface area (Å²) in [7, 11) is 0. The molecular formula is C24H30N4O2S. The first-order valence-electron chi connectivity index (χ1n) is 11.0. The Kier molecular flexibility index (Phi) is 6.53. The Balaban J connectivity index is 1.42. The van der Waals surface area contributed by atoms with Crippen LogP contribution in [-0.2, 0) is 0 Å². The highest BCUT2D eigenvalue weighted by molar-refractivity contribution is 7.20. The van der Waals surface area contributed by atoms with E-state index in [1.807, 2.05) is 38.1 Å². The van der Waals surface area contributed by atoms with E-state index in [0.717, 1.165) is 71.2 Å². The van der Waals surface area contributed by atoms with Gasteiger partial charge in [-0.15, -0.1) is 11.3 Å². The summed E-state index contributed by atoms with van der Waals surface area (Å²) in [6.45, 7) is 11.9. The molecule has 0 atom stereocenters. The second-order valence-corrected chi connectivity index (χ2v) is 9.03. The van der Waals surface area contributed by atoms with Crippen molar-refractivity contribution >= 4 is 33.1 Å². The average Bonchev–Trinajstić information content (AvgIpc) is 3.56. The van der Waals surface area contributed by atoms with Crippen molar-refractivity contribution in [1.82, 2.24) is 14.9 Å². The summed E-state index contributed by atoms with van der Waals surface area (Å²) in [6, 6.07) is 7.55. The van der Waals surface area contributed by atoms with Gasteiger partial charge < -0.3 is 15.0 Å². The highest BCUT2D eigenvalue weighted by atomic mass is 32.1. The van der Waals surface area contributed by atoms with E-state index < -0.39 is 0 Å². The third-order valence-corrected chi connectivity index (χ3v) is 7.00. The van der Waals surface area contributed by atoms with Gasteiger partial charge in [0.05, 0.1) is 10.6 Å². The number of carbonyl (C=O) groups excluding carboxylic acids is 1. The summed E-state index contributed by atoms with van der Waals surface area (Å²) in [5.74, 6) is 2.12. The number of aromatic nitrogens is 2. The van der Waals surface area contributed by atoms with Gasteiger partial charge in [-0.05, 0) is 69.6 Å². The fourth-order valence-electron chi connectivity index (χ4n) is 3.76. The lowest BCUT2D eigenvalue weighted by molar-refractivity contribution is 0.103. The zero-order chi connectivity index (χ0) is 22.0. The minimum atomic E-state index is -0.108. The van der Waals surface area contributed by atoms with Crippen LogP contribution in [0.2, 0.25) is 0 Å². The molecule has 1 aliphatic carbocycles. The van der Waals surface area contributed by atoms with Crippen LogP contribution in [0.25, 0.3) is 10.2 Å². The van der Waals surface area contributed by atoms with Crippen molar-refractivity contribution in [1.29, 1.82) is 0 Å². The minimum absolute atomic E-state index is 0.108. The van der Waals surface area contributed by atoms with Crippen molar-refractivity contribution in [3.8, 4) is 5.75 Å². The number of anilines is 1. The smallest absolute Gasteiger partial charge is 0.266 e. The maximum absolute atomic E-state index is 13.0. The first kappa shape index (κ1) is 21.7. The molecule has 0 aliphatic heterocycles. The Labute approximate surface area is 187 Å². The fraction of sp³-hybridized carbons (Fsp3) is 0.458. The predicted molar refractivity (Wildman–Crippen MR) is 127 cm³/mol. The zero-order valence-corrected chi connectivity index (χ0v) is 19.5. The molecule has 1 amide bonds. The maximum atomic E-state index is 13.0. The van der Waals surface area contributed by atoms with E-state index >= 15 is 0 Å². The molecule has 2 heterocycles. The summed E-state index contributed by atoms with van der Waals surface area (Å²) in [5.41, 5.74) is 2.67. The lowest BCUT2D eigenvalue weighted by Crippen LogP contribution is -2.27. The van der Waals surface area contributed by atoms with Gasteiger partial charge in [0, 0.05) is 23.5 Å². The third kappa shape index (κ3) is 4.88. The van der Waals surface area contributed by atoms with Gasteiger partial charge >= 0.3 is 0 Å². The molecule has 4 rings (SSSR count). The number of thiophene rings is 1. The van der Waals surface area contributed by atoms with Gasteiger partial charge in [-0.2, -0.15) is 0 Å². The monoisotopic (exact) mass is 438 g/mol. The number of nitrogens with one attached hydrogen (secondary N) is 1. The maximum Gasteiger partial charge on any atom is 0.266 e. The third-order valence-electron chi connectivity index (χ3n) is 5.82. The van der Waals surface area contributed by atoms with Crippen LogP contribution in [0.3, 0.4) is 0 Å². The van der Waals surface area contributed by atoms with Crippen LogP contribution in [0.5, 0.6) is 5.75 Å². The van der Waals surface area contributed by atoms with E-state index in [4.69, 9.17) is 9.72 Å². The van der Waals surface area contributed by atoms with Gasteiger partial charge in [0.2, 0.25) is 0 Å². The Bertz CT molecular complexity index is 1070. The van der Waals surface area contributed by atoms with Gasteiger partial charge in [-0.1, -0.05) is 13.8 Å². The van der Waals surface area contributed by atoms with E-state index in [0.29, 0.717) is 17.4 Å². The van der Waals surface area contributed by atoms with Crippen LogP contribution in [0.1, 0.15) is 59.4 Å². The average molecular weight is 439 g/mol. The molecule has 0 unspecified atom stereocenters. The van der Waals surface area contributed by atoms with Crippen LogP contribution in [0.15, 0.2) is 24.3 Å². The Morgan fingerprint density at radius 1 is 1.16 bits per heavy atom. The number of fused-ring (bicyclic) bond motifs is 1. The molecule has 164 valence electrons. The molecule has 1 fully saturated rings. The molecular weight excluding hydrogens is 408 g/mol. The van der Waals surface area contributed by atoms with Crippen LogP contribution >= 0.6 is 11.3 Å². The van der Waals surface area contributed by atoms with Gasteiger partial charge in [-0.25, -0.2) is 9.97 Å². The number of amides is 1. The molecule has 0 spiro atoms. The topological polar surface area (TPSA) is 67.3 Å². The molecule has 1 saturated carbocycles. The zero-order valence-electron chi connectivity index (χ0n) is 18.7. The number of nitrogens with zero attached hydrogens (tertiary/aromatic N) is 3. The van der Waals surface area contributed by atoms with Crippen molar-refractivity contribution in [3.05, 3.63) is 46.2 Å². The minimum Gasteiger partial charge on any atom is -0.492 e. The van der Waals surface area contributed by atoms with Gasteiger partial charge in [0.25, 0.3) is 5.91 Å². The normalized spacial score (nSPS) is 13.7. The molecule has 1 aliphatic rings. The standard InChI is InChI=1S/C24H30N4O2S/c1-5-28(6-2)13-14-30-19-11-9-18(10-12-19)26-23(29)21-15(3)20-16(4)25-22(17-7-8-17)27-24(20)31-21/h9-12,17H,5-8,13-14H2,1-4H3,(H,26,29). The number of hydrogen-bond donors (Lipinski definition) is 1. The lowest BCUT2D eigenvalue weighted by atomic mass is 10.1. The van der Waals surface area contributed by atoms with Crippen molar-refractivity contribution < 1.29 is 9.53 Å². The Morgan fingerprint density at radius 3 is 2.52 bits per heavy atom. The lowest BCUT2D eigenvalue weighted by Gasteiger charge is -2.18. The molecule has 3 aromatic rings. The van der Waals surface area contributed by atoms with Crippen LogP contribution < -0.4 is 10.1 Å². The molecule has 6 nitrogen and oxygen atoms in total. The molecule has 2 aromatic heterocycles. The van der Waals surface area contributed by atoms with Crippen LogP contribution in [0, 0.1) is 13.8 Å². The number of rotatable bonds is 9. The number of likely N-dealkylation sites (N-methyl/N-ethyl adjacent to an activating group) is 1. The summed E-state index contributed by atoms with van der Waals surface area (Å²) in [4.78, 5) is 26.3. The van der Waals surface area contributed by atoms with Crippen molar-refractivity contribution in [2.45, 2.75) is 46.5 Å². The van der Waals surface area contributed by atoms with Gasteiger partial charge in [0.15, 0.2) is 0 Å². The number of aryl methyl sites for hydroxylation is 2. The van der Waals surface area contributed by atoms with Crippen LogP contribution in [0.4, 0.5) is 5.69 Å². The first-order valence-corrected chi connectivity index (χ1v) is 11.9. The number of ether oxygens (including phenoxy) is 1. The SMILES string of the molecule is CCN(CC)CCOc1ccc(NC(=O)c2sc3nc(C4CC4)nc(C)c3c2C)cc1. The second kappa shape index (κ2) is 9.32. The summed E-state index contributed by atoms with van der Waals surface area (Å²) in [6.07, 6.45) is 2.33. The summed E-state index contributed by atoms with van der Waals surface area (Å²) in [5, 5.41) is 4.02. The van der Waals surface area contributed by atoms with Gasteiger partial charge in [0.1, 0.15) is 23.0 Å². The number of benzene rings is 1. The summed E-state index contributed by atoms with van der Waals surface area (Å²) >= 11 is 1.45. The summed E-state index contributed by atoms with van der Waals surface area (Å²) < 4.78 is 5.82. The Hall–Kier alpha value is -2.51. The quantitative estimate of drug-likeness (QED) is 0.500. The molecule has 1 N–H and O–H groups in total. The molecule has 31 heavy (non-hydrogen) atoms. The molecule has 7 heteroatoms. The van der Waals surface area contributed by atoms with Crippen molar-refractivity contribution in [2.24, 2.45) is 0 Å². The molecule has 0 saturated heterocycles. The van der Waals surface area contributed by atoms with Crippen molar-refractivity contribution in [3.63, 3.8) is 0 Å². The molecule has 0 bridgehead atoms. The highest BCUT2D eigenvalue weighted by Crippen LogP contribution is 2.40. The van der Waals surface area contributed by atoms with E-state index in [2.05, 4.69) is 29.0 Å². The predicted octanol–water partition coefficient (Wildman–Crippen LogP) is 5.16. The van der Waals surface area contributed by atoms with E-state index in [9.17, 15) is 4.79 Å². The fourth-order valence-corrected chi connectivity index (χ4v) is 4.89. The van der Waals surface area contributed by atoms with Crippen molar-refractivity contribution in [2.75, 3.05) is 31.6 Å². The van der Waals surface area contributed by atoms with E-state index in [1.54, 1.807) is 0 Å². The van der Waals surface area contributed by atoms with E-state index in [-0.39, 0.29) is 5.91 Å². The molecule has 1 aromatic carbocycles. The molecule has 0 radical (unpaired) electrons. The van der Waals surface area contributed by atoms with Crippen LogP contribution in [-0.4, -0.2) is 47.0 Å². The first-order chi connectivity index (χ1) is 15.0. The Morgan fingerprint density at radius 2 is 1.87 bits per heavy atom. The highest BCUT2D eigenvalue weighted by Gasteiger charge is 2.28. The second-order valence-electron chi connectivity index (χ2n) is 8.03.